The number of nitriles is 1. The van der Waals surface area contributed by atoms with Crippen molar-refractivity contribution in [3.8, 4) is 6.07 Å². The molecule has 0 unspecified atom stereocenters. The number of oxime groups is 1. The summed E-state index contributed by atoms with van der Waals surface area (Å²) in [5.41, 5.74) is 1.49. The van der Waals surface area contributed by atoms with E-state index in [1.165, 1.54) is 7.11 Å². The summed E-state index contributed by atoms with van der Waals surface area (Å²) in [6.45, 7) is 4.00. The van der Waals surface area contributed by atoms with Crippen LogP contribution in [0.25, 0.3) is 0 Å². The fourth-order valence-corrected chi connectivity index (χ4v) is 1.50. The first kappa shape index (κ1) is 16.8. The highest BCUT2D eigenvalue weighted by Crippen LogP contribution is 2.23. The molecule has 0 saturated heterocycles. The second-order valence-corrected chi connectivity index (χ2v) is 3.82. The van der Waals surface area contributed by atoms with Gasteiger partial charge >= 0.3 is 0 Å². The molecule has 3 nitrogen and oxygen atoms in total. The first-order valence-electron chi connectivity index (χ1n) is 5.61. The van der Waals surface area contributed by atoms with E-state index in [1.54, 1.807) is 18.2 Å². The van der Waals surface area contributed by atoms with E-state index in [-0.39, 0.29) is 0 Å². The van der Waals surface area contributed by atoms with Gasteiger partial charge in [-0.25, -0.2) is 0 Å². The molecule has 98 valence electrons. The minimum absolute atomic E-state index is 0.377. The molecular weight excluding hydrogens is 271 g/mol. The smallest absolute Gasteiger partial charge is 0.106 e. The maximum absolute atomic E-state index is 8.54. The molecule has 0 N–H and O–H groups in total. The fourth-order valence-electron chi connectivity index (χ4n) is 1.20. The van der Waals surface area contributed by atoms with Crippen LogP contribution >= 0.6 is 23.2 Å². The average Bonchev–Trinajstić information content (AvgIpc) is 2.40. The summed E-state index contributed by atoms with van der Waals surface area (Å²) in [5, 5.41) is 13.3. The summed E-state index contributed by atoms with van der Waals surface area (Å²) in [6.07, 6.45) is 0.894. The Morgan fingerprint density at radius 2 is 2.00 bits per heavy atom. The molecule has 1 rings (SSSR count). The summed E-state index contributed by atoms with van der Waals surface area (Å²) in [6, 6.07) is 7.25. The number of benzene rings is 1. The van der Waals surface area contributed by atoms with E-state index in [0.717, 1.165) is 5.56 Å². The maximum atomic E-state index is 8.54. The van der Waals surface area contributed by atoms with E-state index in [4.69, 9.17) is 33.3 Å². The molecule has 0 radical (unpaired) electrons. The van der Waals surface area contributed by atoms with Gasteiger partial charge in [-0.1, -0.05) is 48.3 Å². The normalized spacial score (nSPS) is 10.1. The average molecular weight is 287 g/mol. The van der Waals surface area contributed by atoms with Crippen LogP contribution in [0.4, 0.5) is 0 Å². The molecule has 0 spiro atoms. The summed E-state index contributed by atoms with van der Waals surface area (Å²) in [7, 11) is 1.46. The topological polar surface area (TPSA) is 45.4 Å². The molecule has 18 heavy (non-hydrogen) atoms. The van der Waals surface area contributed by atoms with Crippen molar-refractivity contribution in [3.63, 3.8) is 0 Å². The van der Waals surface area contributed by atoms with Crippen LogP contribution in [-0.4, -0.2) is 12.8 Å². The number of nitrogens with zero attached hydrogens (tertiary/aromatic N) is 2. The zero-order valence-corrected chi connectivity index (χ0v) is 12.2. The van der Waals surface area contributed by atoms with Gasteiger partial charge in [-0.05, 0) is 12.1 Å². The van der Waals surface area contributed by atoms with E-state index < -0.39 is 0 Å². The number of hydrogen-bond donors (Lipinski definition) is 0. The molecule has 0 saturated carbocycles. The monoisotopic (exact) mass is 286 g/mol. The zero-order chi connectivity index (χ0) is 14.0. The van der Waals surface area contributed by atoms with Crippen molar-refractivity contribution in [2.75, 3.05) is 7.11 Å². The highest BCUT2D eigenvalue weighted by atomic mass is 35.5. The molecule has 1 aromatic carbocycles. The molecule has 0 aliphatic carbocycles. The predicted octanol–water partition coefficient (Wildman–Crippen LogP) is 4.67. The first-order chi connectivity index (χ1) is 8.69. The van der Waals surface area contributed by atoms with Crippen molar-refractivity contribution in [3.05, 3.63) is 33.8 Å². The Balaban J connectivity index is 0.00000137. The van der Waals surface area contributed by atoms with E-state index in [0.29, 0.717) is 28.6 Å². The van der Waals surface area contributed by atoms with Crippen LogP contribution in [0.1, 0.15) is 32.3 Å². The van der Waals surface area contributed by atoms with Crippen molar-refractivity contribution in [1.82, 2.24) is 0 Å². The van der Waals surface area contributed by atoms with Gasteiger partial charge in [-0.15, -0.1) is 0 Å². The van der Waals surface area contributed by atoms with Gasteiger partial charge in [-0.2, -0.15) is 5.26 Å². The molecule has 5 heteroatoms. The quantitative estimate of drug-likeness (QED) is 0.596. The van der Waals surface area contributed by atoms with Crippen molar-refractivity contribution < 1.29 is 4.84 Å². The van der Waals surface area contributed by atoms with E-state index in [9.17, 15) is 0 Å². The minimum Gasteiger partial charge on any atom is -0.399 e. The Morgan fingerprint density at radius 1 is 1.33 bits per heavy atom. The van der Waals surface area contributed by atoms with Crippen LogP contribution in [0.5, 0.6) is 0 Å². The lowest BCUT2D eigenvalue weighted by atomic mass is 10.1. The van der Waals surface area contributed by atoms with E-state index in [2.05, 4.69) is 11.2 Å². The molecule has 0 atom stereocenters. The summed E-state index contributed by atoms with van der Waals surface area (Å²) >= 11 is 11.7. The zero-order valence-electron chi connectivity index (χ0n) is 10.7. The summed E-state index contributed by atoms with van der Waals surface area (Å²) in [4.78, 5) is 4.73. The van der Waals surface area contributed by atoms with Gasteiger partial charge in [0.05, 0.1) is 21.8 Å². The van der Waals surface area contributed by atoms with Gasteiger partial charge in [0.25, 0.3) is 0 Å². The molecule has 0 aliphatic heterocycles. The highest BCUT2D eigenvalue weighted by molar-refractivity contribution is 6.42. The molecule has 0 fully saturated rings. The van der Waals surface area contributed by atoms with Gasteiger partial charge in [0, 0.05) is 18.4 Å². The van der Waals surface area contributed by atoms with Crippen LogP contribution < -0.4 is 0 Å². The highest BCUT2D eigenvalue weighted by Gasteiger charge is 2.07. The van der Waals surface area contributed by atoms with Crippen molar-refractivity contribution in [1.29, 1.82) is 5.26 Å². The van der Waals surface area contributed by atoms with Crippen molar-refractivity contribution in [2.24, 2.45) is 5.16 Å². The Morgan fingerprint density at radius 3 is 2.50 bits per heavy atom. The van der Waals surface area contributed by atoms with Crippen LogP contribution in [0.15, 0.2) is 23.4 Å². The number of rotatable bonds is 4. The Bertz CT molecular complexity index is 439. The van der Waals surface area contributed by atoms with Crippen LogP contribution in [0, 0.1) is 11.3 Å². The Kier molecular flexibility index (Phi) is 9.08. The summed E-state index contributed by atoms with van der Waals surface area (Å²) < 4.78 is 0. The number of hydrogen-bond acceptors (Lipinski definition) is 3. The third-order valence-electron chi connectivity index (χ3n) is 1.93. The Labute approximate surface area is 118 Å². The van der Waals surface area contributed by atoms with Gasteiger partial charge < -0.3 is 4.84 Å². The lowest BCUT2D eigenvalue weighted by molar-refractivity contribution is 0.213. The molecule has 0 aromatic heterocycles. The second-order valence-electron chi connectivity index (χ2n) is 3.01. The Hall–Kier alpha value is -1.24. The first-order valence-corrected chi connectivity index (χ1v) is 6.37. The van der Waals surface area contributed by atoms with E-state index in [1.807, 2.05) is 13.8 Å². The van der Waals surface area contributed by atoms with Gasteiger partial charge in [0.15, 0.2) is 0 Å². The largest absolute Gasteiger partial charge is 0.399 e. The summed E-state index contributed by atoms with van der Waals surface area (Å²) in [5.74, 6) is 0. The molecular formula is C13H16Cl2N2O. The molecule has 1 aromatic rings. The van der Waals surface area contributed by atoms with Gasteiger partial charge in [-0.3, -0.25) is 0 Å². The van der Waals surface area contributed by atoms with Crippen LogP contribution in [0.2, 0.25) is 10.0 Å². The molecule has 0 amide bonds. The molecule has 0 heterocycles. The molecule has 0 aliphatic rings. The standard InChI is InChI=1S/C11H10Cl2N2O.C2H6/c1-16-15-11(3-2-6-14)8-4-5-9(12)10(13)7-8;1-2/h4-5,7H,2-3H2,1H3;1-2H3/b15-11+;. The van der Waals surface area contributed by atoms with Gasteiger partial charge in [0.2, 0.25) is 0 Å². The maximum Gasteiger partial charge on any atom is 0.106 e. The van der Waals surface area contributed by atoms with E-state index >= 15 is 0 Å². The SMILES string of the molecule is CC.CO/N=C(\CCC#N)c1ccc(Cl)c(Cl)c1. The fraction of sp³-hybridized carbons (Fsp3) is 0.385. The van der Waals surface area contributed by atoms with Crippen LogP contribution in [0.3, 0.4) is 0 Å². The third kappa shape index (κ3) is 5.39. The van der Waals surface area contributed by atoms with Crippen molar-refractivity contribution in [2.45, 2.75) is 26.7 Å². The predicted molar refractivity (Wildman–Crippen MR) is 76.2 cm³/mol. The second kappa shape index (κ2) is 9.76. The third-order valence-corrected chi connectivity index (χ3v) is 2.67. The lowest BCUT2D eigenvalue weighted by Gasteiger charge is -2.05. The van der Waals surface area contributed by atoms with Crippen molar-refractivity contribution >= 4 is 28.9 Å². The minimum atomic E-state index is 0.377. The lowest BCUT2D eigenvalue weighted by Crippen LogP contribution is -2.01. The van der Waals surface area contributed by atoms with Gasteiger partial charge in [0.1, 0.15) is 7.11 Å². The molecule has 0 bridgehead atoms. The number of halogens is 2. The van der Waals surface area contributed by atoms with Crippen LogP contribution in [-0.2, 0) is 4.84 Å².